The predicted molar refractivity (Wildman–Crippen MR) is 90.4 cm³/mol. The minimum Gasteiger partial charge on any atom is -0.368 e. The third-order valence-corrected chi connectivity index (χ3v) is 4.96. The van der Waals surface area contributed by atoms with Crippen molar-refractivity contribution >= 4 is 17.1 Å². The Morgan fingerprint density at radius 1 is 1.16 bits per heavy atom. The van der Waals surface area contributed by atoms with Crippen LogP contribution in [-0.4, -0.2) is 57.8 Å². The fourth-order valence-corrected chi connectivity index (χ4v) is 3.38. The average Bonchev–Trinajstić information content (AvgIpc) is 2.91. The maximum atomic E-state index is 12.6. The van der Waals surface area contributed by atoms with E-state index in [1.807, 2.05) is 0 Å². The van der Waals surface area contributed by atoms with Crippen LogP contribution in [0.1, 0.15) is 5.82 Å². The Morgan fingerprint density at radius 2 is 1.80 bits per heavy atom. The van der Waals surface area contributed by atoms with Crippen molar-refractivity contribution in [2.75, 3.05) is 33.2 Å². The number of primary amides is 1. The van der Waals surface area contributed by atoms with Gasteiger partial charge in [-0.2, -0.15) is 0 Å². The van der Waals surface area contributed by atoms with Gasteiger partial charge in [0.2, 0.25) is 5.91 Å². The molecule has 1 fully saturated rings. The Bertz CT molecular complexity index is 931. The quantitative estimate of drug-likeness (QED) is 0.511. The van der Waals surface area contributed by atoms with Crippen LogP contribution >= 0.6 is 0 Å². The molecule has 1 aliphatic rings. The molecule has 0 bridgehead atoms. The van der Waals surface area contributed by atoms with Gasteiger partial charge in [-0.3, -0.25) is 18.7 Å². The Morgan fingerprint density at radius 3 is 2.40 bits per heavy atom. The van der Waals surface area contributed by atoms with E-state index in [0.717, 1.165) is 30.7 Å². The van der Waals surface area contributed by atoms with Gasteiger partial charge in [-0.15, -0.1) is 0 Å². The number of nitrogens with one attached hydrogen (secondary N) is 2. The molecule has 0 aliphatic carbocycles. The molecular formula is C15H25N7O3+2. The number of piperazine rings is 1. The molecule has 0 unspecified atom stereocenters. The number of hydrogen-bond donors (Lipinski definition) is 3. The molecule has 3 heterocycles. The lowest BCUT2D eigenvalue weighted by Gasteiger charge is -2.27. The van der Waals surface area contributed by atoms with Gasteiger partial charge >= 0.3 is 5.69 Å². The third-order valence-electron chi connectivity index (χ3n) is 4.96. The van der Waals surface area contributed by atoms with Crippen LogP contribution in [0, 0.1) is 0 Å². The maximum Gasteiger partial charge on any atom is 0.332 e. The third kappa shape index (κ3) is 3.10. The number of amides is 1. The van der Waals surface area contributed by atoms with E-state index >= 15 is 0 Å². The molecule has 1 aliphatic heterocycles. The lowest BCUT2D eigenvalue weighted by atomic mass is 10.3. The standard InChI is InChI=1S/C15H23N7O3/c1-18-4-6-21(7-5-18)9-11-17-13-12(22(11)8-10(16)23)14(24)20(3)15(25)19(13)2/h4-9H2,1-3H3,(H2,16,23)/p+2. The summed E-state index contributed by atoms with van der Waals surface area (Å²) in [6.07, 6.45) is 0. The summed E-state index contributed by atoms with van der Waals surface area (Å²) in [5.74, 6) is 0.0657. The smallest absolute Gasteiger partial charge is 0.332 e. The number of carbonyl (C=O) groups is 1. The Kier molecular flexibility index (Phi) is 4.48. The molecule has 1 amide bonds. The van der Waals surface area contributed by atoms with Crippen LogP contribution in [0.15, 0.2) is 9.59 Å². The molecule has 10 heteroatoms. The van der Waals surface area contributed by atoms with Crippen molar-refractivity contribution in [3.63, 3.8) is 0 Å². The first-order valence-corrected chi connectivity index (χ1v) is 8.38. The van der Waals surface area contributed by atoms with E-state index in [1.165, 1.54) is 21.4 Å². The highest BCUT2D eigenvalue weighted by Gasteiger charge is 2.25. The lowest BCUT2D eigenvalue weighted by Crippen LogP contribution is -3.26. The summed E-state index contributed by atoms with van der Waals surface area (Å²) in [7, 11) is 5.15. The fourth-order valence-electron chi connectivity index (χ4n) is 3.38. The zero-order valence-corrected chi connectivity index (χ0v) is 14.8. The molecule has 136 valence electrons. The summed E-state index contributed by atoms with van der Waals surface area (Å²) < 4.78 is 3.93. The number of aromatic nitrogens is 4. The van der Waals surface area contributed by atoms with E-state index in [9.17, 15) is 14.4 Å². The Hall–Kier alpha value is -2.46. The van der Waals surface area contributed by atoms with Gasteiger partial charge in [-0.05, 0) is 0 Å². The molecule has 0 spiro atoms. The number of hydrogen-bond acceptors (Lipinski definition) is 4. The lowest BCUT2D eigenvalue weighted by molar-refractivity contribution is -1.01. The number of quaternary nitrogens is 2. The number of nitrogens with zero attached hydrogens (tertiary/aromatic N) is 4. The van der Waals surface area contributed by atoms with E-state index in [-0.39, 0.29) is 12.1 Å². The van der Waals surface area contributed by atoms with Crippen LogP contribution in [0.3, 0.4) is 0 Å². The Labute approximate surface area is 144 Å². The zero-order chi connectivity index (χ0) is 18.3. The summed E-state index contributed by atoms with van der Waals surface area (Å²) in [6.45, 7) is 4.56. The van der Waals surface area contributed by atoms with Gasteiger partial charge < -0.3 is 20.1 Å². The van der Waals surface area contributed by atoms with Crippen LogP contribution in [0.2, 0.25) is 0 Å². The molecule has 0 atom stereocenters. The van der Waals surface area contributed by atoms with Gasteiger partial charge in [-0.25, -0.2) is 9.78 Å². The van der Waals surface area contributed by atoms with Gasteiger partial charge in [0.05, 0.1) is 7.05 Å². The number of likely N-dealkylation sites (N-methyl/N-ethyl adjacent to an activating group) is 1. The second kappa shape index (κ2) is 6.45. The molecule has 2 aromatic rings. The highest BCUT2D eigenvalue weighted by molar-refractivity contribution is 5.78. The minimum atomic E-state index is -0.547. The zero-order valence-electron chi connectivity index (χ0n) is 14.8. The summed E-state index contributed by atoms with van der Waals surface area (Å²) in [6, 6.07) is 0. The van der Waals surface area contributed by atoms with Gasteiger partial charge in [0.25, 0.3) is 5.56 Å². The number of carbonyl (C=O) groups excluding carboxylic acids is 1. The number of imidazole rings is 1. The first kappa shape index (κ1) is 17.4. The second-order valence-electron chi connectivity index (χ2n) is 6.84. The van der Waals surface area contributed by atoms with Crippen molar-refractivity contribution in [2.24, 2.45) is 19.8 Å². The van der Waals surface area contributed by atoms with Crippen molar-refractivity contribution in [1.82, 2.24) is 18.7 Å². The summed E-state index contributed by atoms with van der Waals surface area (Å²) in [5, 5.41) is 0. The number of fused-ring (bicyclic) bond motifs is 1. The molecule has 0 aromatic carbocycles. The molecule has 0 radical (unpaired) electrons. The monoisotopic (exact) mass is 351 g/mol. The highest BCUT2D eigenvalue weighted by atomic mass is 16.2. The van der Waals surface area contributed by atoms with E-state index in [4.69, 9.17) is 5.73 Å². The normalized spacial score (nSPS) is 20.9. The maximum absolute atomic E-state index is 12.6. The average molecular weight is 351 g/mol. The van der Waals surface area contributed by atoms with Crippen LogP contribution in [0.25, 0.3) is 11.2 Å². The Balaban J connectivity index is 2.12. The van der Waals surface area contributed by atoms with Crippen molar-refractivity contribution in [1.29, 1.82) is 0 Å². The minimum absolute atomic E-state index is 0.127. The number of aryl methyl sites for hydroxylation is 1. The molecule has 10 nitrogen and oxygen atoms in total. The van der Waals surface area contributed by atoms with Crippen LogP contribution in [0.4, 0.5) is 0 Å². The summed E-state index contributed by atoms with van der Waals surface area (Å²) in [4.78, 5) is 43.6. The van der Waals surface area contributed by atoms with Gasteiger partial charge in [0, 0.05) is 14.1 Å². The van der Waals surface area contributed by atoms with Crippen LogP contribution in [-0.2, 0) is 32.0 Å². The highest BCUT2D eigenvalue weighted by Crippen LogP contribution is 2.10. The molecule has 0 saturated carbocycles. The molecule has 25 heavy (non-hydrogen) atoms. The van der Waals surface area contributed by atoms with Gasteiger partial charge in [-0.1, -0.05) is 0 Å². The summed E-state index contributed by atoms with van der Waals surface area (Å²) in [5.41, 5.74) is 5.02. The first-order chi connectivity index (χ1) is 11.8. The number of nitrogens with two attached hydrogens (primary N) is 1. The van der Waals surface area contributed by atoms with E-state index in [2.05, 4.69) is 12.0 Å². The van der Waals surface area contributed by atoms with E-state index in [0.29, 0.717) is 18.0 Å². The van der Waals surface area contributed by atoms with Crippen molar-refractivity contribution < 1.29 is 14.6 Å². The van der Waals surface area contributed by atoms with Gasteiger partial charge in [0.15, 0.2) is 17.0 Å². The van der Waals surface area contributed by atoms with Crippen LogP contribution < -0.4 is 26.8 Å². The molecule has 2 aromatic heterocycles. The first-order valence-electron chi connectivity index (χ1n) is 8.38. The topological polar surface area (TPSA) is 114 Å². The predicted octanol–water partition coefficient (Wildman–Crippen LogP) is -5.17. The van der Waals surface area contributed by atoms with Crippen molar-refractivity contribution in [3.05, 3.63) is 26.7 Å². The second-order valence-corrected chi connectivity index (χ2v) is 6.84. The largest absolute Gasteiger partial charge is 0.368 e. The van der Waals surface area contributed by atoms with E-state index in [1.54, 1.807) is 11.6 Å². The molecular weight excluding hydrogens is 326 g/mol. The molecule has 1 saturated heterocycles. The fraction of sp³-hybridized carbons (Fsp3) is 0.600. The van der Waals surface area contributed by atoms with Crippen molar-refractivity contribution in [3.8, 4) is 0 Å². The summed E-state index contributed by atoms with van der Waals surface area (Å²) >= 11 is 0. The number of rotatable bonds is 4. The molecule has 3 rings (SSSR count). The van der Waals surface area contributed by atoms with Crippen molar-refractivity contribution in [2.45, 2.75) is 13.1 Å². The SMILES string of the molecule is Cn1c(=O)c2c(nc(C[NH+]3CC[NH+](C)CC3)n2CC(N)=O)n(C)c1=O. The van der Waals surface area contributed by atoms with Gasteiger partial charge in [0.1, 0.15) is 39.3 Å². The van der Waals surface area contributed by atoms with E-state index < -0.39 is 17.2 Å². The van der Waals surface area contributed by atoms with Crippen LogP contribution in [0.5, 0.6) is 0 Å². The molecule has 4 N–H and O–H groups in total.